The highest BCUT2D eigenvalue weighted by Crippen LogP contribution is 2.26. The summed E-state index contributed by atoms with van der Waals surface area (Å²) in [6, 6.07) is 9.15. The molecule has 23 heavy (non-hydrogen) atoms. The summed E-state index contributed by atoms with van der Waals surface area (Å²) in [5, 5.41) is 8.54. The second-order valence-corrected chi connectivity index (χ2v) is 6.40. The smallest absolute Gasteiger partial charge is 0.151 e. The average molecular weight is 311 g/mol. The number of aromatic nitrogens is 3. The number of hydrogen-bond donors (Lipinski definition) is 0. The van der Waals surface area contributed by atoms with E-state index in [1.807, 2.05) is 31.5 Å². The summed E-state index contributed by atoms with van der Waals surface area (Å²) >= 11 is 0. The van der Waals surface area contributed by atoms with Gasteiger partial charge in [-0.15, -0.1) is 5.10 Å². The lowest BCUT2D eigenvalue weighted by molar-refractivity contribution is 0.165. The second-order valence-electron chi connectivity index (χ2n) is 6.40. The van der Waals surface area contributed by atoms with Gasteiger partial charge in [0.25, 0.3) is 0 Å². The van der Waals surface area contributed by atoms with Crippen LogP contribution in [-0.4, -0.2) is 46.3 Å². The molecule has 2 aromatic rings. The van der Waals surface area contributed by atoms with Gasteiger partial charge in [0.05, 0.1) is 5.69 Å². The number of anilines is 1. The summed E-state index contributed by atoms with van der Waals surface area (Å²) < 4.78 is 0. The Hall–Kier alpha value is -2.01. The highest BCUT2D eigenvalue weighted by molar-refractivity contribution is 5.38. The van der Waals surface area contributed by atoms with Gasteiger partial charge in [0, 0.05) is 37.6 Å². The molecule has 5 heteroatoms. The fourth-order valence-electron chi connectivity index (χ4n) is 3.23. The van der Waals surface area contributed by atoms with E-state index in [2.05, 4.69) is 51.1 Å². The van der Waals surface area contributed by atoms with E-state index < -0.39 is 0 Å². The summed E-state index contributed by atoms with van der Waals surface area (Å²) in [5.41, 5.74) is 2.23. The molecule has 1 aliphatic rings. The van der Waals surface area contributed by atoms with Gasteiger partial charge in [-0.1, -0.05) is 6.07 Å². The number of nitrogens with zero attached hydrogens (tertiary/aromatic N) is 5. The molecule has 3 rings (SSSR count). The highest BCUT2D eigenvalue weighted by atomic mass is 15.3. The van der Waals surface area contributed by atoms with Crippen LogP contribution in [0.2, 0.25) is 0 Å². The molecule has 1 fully saturated rings. The van der Waals surface area contributed by atoms with Crippen LogP contribution in [-0.2, 0) is 0 Å². The summed E-state index contributed by atoms with van der Waals surface area (Å²) in [7, 11) is 2.21. The van der Waals surface area contributed by atoms with E-state index in [0.717, 1.165) is 24.6 Å². The number of pyridine rings is 1. The van der Waals surface area contributed by atoms with E-state index in [4.69, 9.17) is 0 Å². The van der Waals surface area contributed by atoms with Gasteiger partial charge in [-0.05, 0) is 57.5 Å². The summed E-state index contributed by atoms with van der Waals surface area (Å²) in [5.74, 6) is 0.989. The van der Waals surface area contributed by atoms with Crippen molar-refractivity contribution in [1.29, 1.82) is 0 Å². The van der Waals surface area contributed by atoms with E-state index in [1.165, 1.54) is 18.4 Å². The molecule has 0 saturated carbocycles. The molecule has 5 nitrogen and oxygen atoms in total. The van der Waals surface area contributed by atoms with Gasteiger partial charge in [-0.2, -0.15) is 5.10 Å². The molecule has 0 unspecified atom stereocenters. The summed E-state index contributed by atoms with van der Waals surface area (Å²) in [6.45, 7) is 6.28. The van der Waals surface area contributed by atoms with Crippen LogP contribution in [0.4, 0.5) is 5.82 Å². The number of piperidine rings is 1. The zero-order valence-electron chi connectivity index (χ0n) is 14.2. The Morgan fingerprint density at radius 3 is 2.83 bits per heavy atom. The molecule has 0 aliphatic carbocycles. The van der Waals surface area contributed by atoms with E-state index >= 15 is 0 Å². The monoisotopic (exact) mass is 311 g/mol. The normalized spacial score (nSPS) is 19.8. The van der Waals surface area contributed by atoms with Crippen LogP contribution < -0.4 is 4.90 Å². The zero-order valence-corrected chi connectivity index (χ0v) is 14.2. The van der Waals surface area contributed by atoms with Crippen molar-refractivity contribution < 1.29 is 0 Å². The first-order valence-electron chi connectivity index (χ1n) is 8.32. The maximum absolute atomic E-state index is 4.35. The second kappa shape index (κ2) is 7.04. The van der Waals surface area contributed by atoms with Crippen molar-refractivity contribution in [2.75, 3.05) is 25.0 Å². The SMILES string of the molecule is Cc1ccc(N2CCC[C@H](N(C)[C@@H](C)c3cccnc3)C2)nn1. The largest absolute Gasteiger partial charge is 0.354 e. The van der Waals surface area contributed by atoms with Gasteiger partial charge in [0.2, 0.25) is 0 Å². The minimum absolute atomic E-state index is 0.359. The number of rotatable bonds is 4. The molecule has 122 valence electrons. The molecule has 0 N–H and O–H groups in total. The quantitative estimate of drug-likeness (QED) is 0.869. The van der Waals surface area contributed by atoms with Crippen molar-refractivity contribution in [3.05, 3.63) is 47.9 Å². The lowest BCUT2D eigenvalue weighted by atomic mass is 10.0. The third-order valence-electron chi connectivity index (χ3n) is 4.86. The zero-order chi connectivity index (χ0) is 16.2. The lowest BCUT2D eigenvalue weighted by Crippen LogP contribution is -2.47. The average Bonchev–Trinajstić information content (AvgIpc) is 2.62. The molecule has 2 atom stereocenters. The van der Waals surface area contributed by atoms with Crippen LogP contribution in [0.5, 0.6) is 0 Å². The van der Waals surface area contributed by atoms with Gasteiger partial charge in [-0.25, -0.2) is 0 Å². The van der Waals surface area contributed by atoms with Crippen molar-refractivity contribution in [2.24, 2.45) is 0 Å². The first kappa shape index (κ1) is 15.9. The molecule has 0 aromatic carbocycles. The van der Waals surface area contributed by atoms with Gasteiger partial charge in [0.15, 0.2) is 5.82 Å². The molecular formula is C18H25N5. The fourth-order valence-corrected chi connectivity index (χ4v) is 3.23. The fraction of sp³-hybridized carbons (Fsp3) is 0.500. The predicted octanol–water partition coefficient (Wildman–Crippen LogP) is 2.84. The molecule has 3 heterocycles. The van der Waals surface area contributed by atoms with E-state index in [1.54, 1.807) is 0 Å². The lowest BCUT2D eigenvalue weighted by Gasteiger charge is -2.40. The van der Waals surface area contributed by atoms with E-state index in [0.29, 0.717) is 12.1 Å². The number of likely N-dealkylation sites (N-methyl/N-ethyl adjacent to an activating group) is 1. The molecular weight excluding hydrogens is 286 g/mol. The van der Waals surface area contributed by atoms with Crippen LogP contribution in [0.15, 0.2) is 36.7 Å². The first-order chi connectivity index (χ1) is 11.1. The molecule has 0 spiro atoms. The number of hydrogen-bond acceptors (Lipinski definition) is 5. The van der Waals surface area contributed by atoms with Crippen molar-refractivity contribution in [1.82, 2.24) is 20.1 Å². The van der Waals surface area contributed by atoms with E-state index in [-0.39, 0.29) is 0 Å². The Kier molecular flexibility index (Phi) is 4.86. The topological polar surface area (TPSA) is 45.2 Å². The standard InChI is InChI=1S/C18H25N5/c1-14-8-9-18(21-20-14)23-11-5-7-17(13-23)22(3)15(2)16-6-4-10-19-12-16/h4,6,8-10,12,15,17H,5,7,11,13H2,1-3H3/t15-,17-/m0/s1. The minimum Gasteiger partial charge on any atom is -0.354 e. The Bertz CT molecular complexity index is 613. The Balaban J connectivity index is 1.69. The van der Waals surface area contributed by atoms with E-state index in [9.17, 15) is 0 Å². The number of aryl methyl sites for hydroxylation is 1. The Morgan fingerprint density at radius 1 is 1.26 bits per heavy atom. The third-order valence-corrected chi connectivity index (χ3v) is 4.86. The summed E-state index contributed by atoms with van der Waals surface area (Å²) in [6.07, 6.45) is 6.20. The van der Waals surface area contributed by atoms with Gasteiger partial charge in [-0.3, -0.25) is 9.88 Å². The van der Waals surface area contributed by atoms with Crippen LogP contribution in [0.25, 0.3) is 0 Å². The van der Waals surface area contributed by atoms with Crippen molar-refractivity contribution >= 4 is 5.82 Å². The molecule has 1 aliphatic heterocycles. The molecule has 2 aromatic heterocycles. The summed E-state index contributed by atoms with van der Waals surface area (Å²) in [4.78, 5) is 9.07. The predicted molar refractivity (Wildman–Crippen MR) is 92.4 cm³/mol. The molecule has 0 radical (unpaired) electrons. The van der Waals surface area contributed by atoms with Crippen molar-refractivity contribution in [2.45, 2.75) is 38.8 Å². The molecule has 0 bridgehead atoms. The minimum atomic E-state index is 0.359. The van der Waals surface area contributed by atoms with Gasteiger partial charge >= 0.3 is 0 Å². The van der Waals surface area contributed by atoms with Crippen molar-refractivity contribution in [3.8, 4) is 0 Å². The Labute approximate surface area is 138 Å². The van der Waals surface area contributed by atoms with Crippen molar-refractivity contribution in [3.63, 3.8) is 0 Å². The van der Waals surface area contributed by atoms with Crippen LogP contribution in [0, 0.1) is 6.92 Å². The third kappa shape index (κ3) is 3.67. The van der Waals surface area contributed by atoms with Gasteiger partial charge in [0.1, 0.15) is 0 Å². The van der Waals surface area contributed by atoms with Gasteiger partial charge < -0.3 is 4.90 Å². The van der Waals surface area contributed by atoms with Crippen LogP contribution in [0.1, 0.15) is 37.1 Å². The maximum atomic E-state index is 4.35. The highest BCUT2D eigenvalue weighted by Gasteiger charge is 2.27. The van der Waals surface area contributed by atoms with Crippen LogP contribution in [0.3, 0.4) is 0 Å². The Morgan fingerprint density at radius 2 is 2.13 bits per heavy atom. The molecule has 0 amide bonds. The maximum Gasteiger partial charge on any atom is 0.151 e. The van der Waals surface area contributed by atoms with Crippen LogP contribution >= 0.6 is 0 Å². The molecule has 1 saturated heterocycles. The first-order valence-corrected chi connectivity index (χ1v) is 8.32.